The predicted molar refractivity (Wildman–Crippen MR) is 104 cm³/mol. The molecule has 0 spiro atoms. The van der Waals surface area contributed by atoms with Crippen LogP contribution in [0, 0.1) is 5.82 Å². The molecule has 0 aliphatic heterocycles. The Balaban J connectivity index is 1.85. The van der Waals surface area contributed by atoms with Gasteiger partial charge in [-0.1, -0.05) is 17.3 Å². The zero-order valence-corrected chi connectivity index (χ0v) is 15.5. The lowest BCUT2D eigenvalue weighted by atomic mass is 10.1. The summed E-state index contributed by atoms with van der Waals surface area (Å²) in [5.74, 6) is -0.334. The van der Waals surface area contributed by atoms with Crippen molar-refractivity contribution < 1.29 is 12.8 Å². The summed E-state index contributed by atoms with van der Waals surface area (Å²) in [5, 5.41) is 8.60. The maximum atomic E-state index is 13.3. The van der Waals surface area contributed by atoms with Gasteiger partial charge in [-0.2, -0.15) is 0 Å². The number of nitrogens with zero attached hydrogens (tertiary/aromatic N) is 4. The van der Waals surface area contributed by atoms with E-state index in [9.17, 15) is 12.8 Å². The molecule has 0 bridgehead atoms. The first-order valence-electron chi connectivity index (χ1n) is 8.45. The first kappa shape index (κ1) is 18.0. The van der Waals surface area contributed by atoms with Crippen LogP contribution in [0.4, 0.5) is 4.39 Å². The summed E-state index contributed by atoms with van der Waals surface area (Å²) in [6, 6.07) is 16.8. The molecule has 28 heavy (non-hydrogen) atoms. The first-order chi connectivity index (χ1) is 13.6. The second-order valence-electron chi connectivity index (χ2n) is 6.10. The van der Waals surface area contributed by atoms with E-state index in [-0.39, 0.29) is 11.6 Å². The van der Waals surface area contributed by atoms with E-state index in [1.807, 2.05) is 12.1 Å². The van der Waals surface area contributed by atoms with Crippen molar-refractivity contribution in [3.63, 3.8) is 0 Å². The van der Waals surface area contributed by atoms with Crippen LogP contribution in [0.2, 0.25) is 0 Å². The van der Waals surface area contributed by atoms with Gasteiger partial charge in [0.15, 0.2) is 0 Å². The summed E-state index contributed by atoms with van der Waals surface area (Å²) >= 11 is 0. The van der Waals surface area contributed by atoms with Gasteiger partial charge in [0.2, 0.25) is 0 Å². The number of benzene rings is 2. The molecule has 0 saturated carbocycles. The lowest BCUT2D eigenvalue weighted by Crippen LogP contribution is -2.00. The summed E-state index contributed by atoms with van der Waals surface area (Å²) in [6.45, 7) is 0. The molecule has 0 atom stereocenters. The predicted octanol–water partition coefficient (Wildman–Crippen LogP) is 3.25. The highest BCUT2D eigenvalue weighted by molar-refractivity contribution is 7.71. The Bertz CT molecular complexity index is 1160. The summed E-state index contributed by atoms with van der Waals surface area (Å²) < 4.78 is 36.9. The van der Waals surface area contributed by atoms with E-state index in [0.29, 0.717) is 11.3 Å². The van der Waals surface area contributed by atoms with Gasteiger partial charge in [0.1, 0.15) is 27.9 Å². The smallest absolute Gasteiger partial charge is 0.144 e. The Morgan fingerprint density at radius 2 is 1.54 bits per heavy atom. The van der Waals surface area contributed by atoms with Gasteiger partial charge in [0.25, 0.3) is 0 Å². The number of hydrogen-bond acceptors (Lipinski definition) is 5. The molecule has 8 heteroatoms. The van der Waals surface area contributed by atoms with Crippen LogP contribution in [-0.2, 0) is 16.5 Å². The fourth-order valence-electron chi connectivity index (χ4n) is 2.93. The molecule has 140 valence electrons. The third-order valence-electron chi connectivity index (χ3n) is 4.23. The van der Waals surface area contributed by atoms with E-state index >= 15 is 0 Å². The second-order valence-corrected chi connectivity index (χ2v) is 7.08. The van der Waals surface area contributed by atoms with E-state index < -0.39 is 10.7 Å². The number of rotatable bonds is 5. The van der Waals surface area contributed by atoms with E-state index in [4.69, 9.17) is 0 Å². The van der Waals surface area contributed by atoms with E-state index in [1.54, 1.807) is 53.5 Å². The largest absolute Gasteiger partial charge is 0.265 e. The zero-order valence-electron chi connectivity index (χ0n) is 14.6. The van der Waals surface area contributed by atoms with Gasteiger partial charge in [-0.05, 0) is 54.1 Å². The van der Waals surface area contributed by atoms with Crippen molar-refractivity contribution in [2.24, 2.45) is 0 Å². The quantitative estimate of drug-likeness (QED) is 0.526. The number of halogens is 1. The highest BCUT2D eigenvalue weighted by atomic mass is 32.2. The van der Waals surface area contributed by atoms with Crippen molar-refractivity contribution >= 4 is 10.7 Å². The zero-order chi connectivity index (χ0) is 19.5. The normalized spacial score (nSPS) is 11.1. The monoisotopic (exact) mass is 394 g/mol. The summed E-state index contributed by atoms with van der Waals surface area (Å²) in [4.78, 5) is 4.05. The molecule has 0 aliphatic rings. The van der Waals surface area contributed by atoms with E-state index in [1.165, 1.54) is 12.1 Å². The molecule has 2 aromatic heterocycles. The minimum Gasteiger partial charge on any atom is -0.265 e. The minimum atomic E-state index is -2.48. The number of pyridine rings is 1. The number of hydrogen-bond donors (Lipinski definition) is 1. The number of thiol groups is 1. The Hall–Kier alpha value is -3.39. The van der Waals surface area contributed by atoms with E-state index in [2.05, 4.69) is 15.3 Å². The minimum absolute atomic E-state index is 0.00892. The van der Waals surface area contributed by atoms with E-state index in [0.717, 1.165) is 22.5 Å². The molecule has 0 saturated heterocycles. The molecule has 4 rings (SSSR count). The summed E-state index contributed by atoms with van der Waals surface area (Å²) in [5.41, 5.74) is 4.36. The molecule has 0 unspecified atom stereocenters. The van der Waals surface area contributed by atoms with Crippen molar-refractivity contribution in [1.82, 2.24) is 20.0 Å². The van der Waals surface area contributed by atoms with Crippen LogP contribution in [0.5, 0.6) is 0 Å². The van der Waals surface area contributed by atoms with Gasteiger partial charge in [-0.25, -0.2) is 17.5 Å². The van der Waals surface area contributed by atoms with Gasteiger partial charge in [-0.15, -0.1) is 5.10 Å². The van der Waals surface area contributed by atoms with Crippen LogP contribution in [-0.4, -0.2) is 28.4 Å². The second kappa shape index (κ2) is 7.69. The fourth-order valence-corrected chi connectivity index (χ4v) is 3.43. The maximum Gasteiger partial charge on any atom is 0.144 e. The van der Waals surface area contributed by atoms with Gasteiger partial charge >= 0.3 is 0 Å². The van der Waals surface area contributed by atoms with Crippen LogP contribution in [0.15, 0.2) is 73.1 Å². The average molecular weight is 394 g/mol. The maximum absolute atomic E-state index is 13.3. The Morgan fingerprint density at radius 1 is 0.857 bits per heavy atom. The Morgan fingerprint density at radius 3 is 2.18 bits per heavy atom. The standard InChI is InChI=1S/C20H15FN4O2S/c21-17-5-3-15(4-6-17)19-20(16-9-11-22-12-10-16)25(24-23-19)18-7-1-14(2-8-18)13-28(26)27/h1-12,28H,13H2. The van der Waals surface area contributed by atoms with Gasteiger partial charge < -0.3 is 0 Å². The van der Waals surface area contributed by atoms with Gasteiger partial charge in [-0.3, -0.25) is 4.98 Å². The molecule has 6 nitrogen and oxygen atoms in total. The Labute approximate surface area is 162 Å². The fraction of sp³-hybridized carbons (Fsp3) is 0.0500. The molecule has 4 aromatic rings. The topological polar surface area (TPSA) is 77.7 Å². The van der Waals surface area contributed by atoms with Crippen LogP contribution >= 0.6 is 0 Å². The van der Waals surface area contributed by atoms with Crippen molar-refractivity contribution in [1.29, 1.82) is 0 Å². The molecule has 2 aromatic carbocycles. The third-order valence-corrected chi connectivity index (χ3v) is 4.86. The van der Waals surface area contributed by atoms with Crippen molar-refractivity contribution in [2.45, 2.75) is 5.75 Å². The van der Waals surface area contributed by atoms with Crippen LogP contribution in [0.1, 0.15) is 5.56 Å². The van der Waals surface area contributed by atoms with Gasteiger partial charge in [0, 0.05) is 23.5 Å². The lowest BCUT2D eigenvalue weighted by Gasteiger charge is -2.09. The Kier molecular flexibility index (Phi) is 4.94. The van der Waals surface area contributed by atoms with Crippen LogP contribution < -0.4 is 0 Å². The van der Waals surface area contributed by atoms with Gasteiger partial charge in [0.05, 0.1) is 11.4 Å². The lowest BCUT2D eigenvalue weighted by molar-refractivity contribution is 0.614. The van der Waals surface area contributed by atoms with Crippen molar-refractivity contribution in [2.75, 3.05) is 0 Å². The molecule has 2 heterocycles. The molecule has 0 aliphatic carbocycles. The molecule has 0 radical (unpaired) electrons. The molecule has 0 fully saturated rings. The summed E-state index contributed by atoms with van der Waals surface area (Å²) in [7, 11) is -2.48. The highest BCUT2D eigenvalue weighted by Crippen LogP contribution is 2.32. The van der Waals surface area contributed by atoms with Crippen LogP contribution in [0.25, 0.3) is 28.2 Å². The molecule has 0 N–H and O–H groups in total. The molecular formula is C20H15FN4O2S. The molecule has 0 amide bonds. The van der Waals surface area contributed by atoms with Crippen LogP contribution in [0.3, 0.4) is 0 Å². The summed E-state index contributed by atoms with van der Waals surface area (Å²) in [6.07, 6.45) is 3.35. The first-order valence-corrected chi connectivity index (χ1v) is 9.81. The van der Waals surface area contributed by atoms with Crippen molar-refractivity contribution in [3.8, 4) is 28.2 Å². The molecular weight excluding hydrogens is 379 g/mol. The average Bonchev–Trinajstić information content (AvgIpc) is 3.14. The third kappa shape index (κ3) is 3.67. The number of aromatic nitrogens is 4. The van der Waals surface area contributed by atoms with Crippen molar-refractivity contribution in [3.05, 3.63) is 84.4 Å². The highest BCUT2D eigenvalue weighted by Gasteiger charge is 2.18. The SMILES string of the molecule is O=[SH](=O)Cc1ccc(-n2nnc(-c3ccc(F)cc3)c2-c2ccncc2)cc1.